The minimum Gasteiger partial charge on any atom is -0.369 e. The lowest BCUT2D eigenvalue weighted by Gasteiger charge is -2.47. The SMILES string of the molecule is CC1Cc2c(ccc(-c3cccc(CC#N)c3)c2Cl)N(C)C1(C)C. The van der Waals surface area contributed by atoms with E-state index in [0.29, 0.717) is 12.3 Å². The van der Waals surface area contributed by atoms with E-state index in [-0.39, 0.29) is 5.54 Å². The molecule has 0 N–H and O–H groups in total. The third-order valence-corrected chi connectivity index (χ3v) is 6.11. The first-order chi connectivity index (χ1) is 11.4. The summed E-state index contributed by atoms with van der Waals surface area (Å²) in [7, 11) is 2.15. The van der Waals surface area contributed by atoms with Crippen molar-refractivity contribution < 1.29 is 0 Å². The molecule has 2 nitrogen and oxygen atoms in total. The summed E-state index contributed by atoms with van der Waals surface area (Å²) in [5.41, 5.74) is 5.72. The molecule has 0 fully saturated rings. The van der Waals surface area contributed by atoms with Crippen molar-refractivity contribution in [3.63, 3.8) is 0 Å². The van der Waals surface area contributed by atoms with Gasteiger partial charge in [-0.15, -0.1) is 0 Å². The summed E-state index contributed by atoms with van der Waals surface area (Å²) in [5.74, 6) is 0.521. The summed E-state index contributed by atoms with van der Waals surface area (Å²) < 4.78 is 0. The predicted octanol–water partition coefficient (Wildman–Crippen LogP) is 5.48. The zero-order chi connectivity index (χ0) is 17.5. The number of anilines is 1. The van der Waals surface area contributed by atoms with E-state index >= 15 is 0 Å². The number of hydrogen-bond donors (Lipinski definition) is 0. The fourth-order valence-corrected chi connectivity index (χ4v) is 3.83. The van der Waals surface area contributed by atoms with E-state index in [9.17, 15) is 0 Å². The van der Waals surface area contributed by atoms with Crippen LogP contribution in [0.25, 0.3) is 11.1 Å². The highest BCUT2D eigenvalue weighted by atomic mass is 35.5. The van der Waals surface area contributed by atoms with Crippen LogP contribution in [0.15, 0.2) is 36.4 Å². The Morgan fingerprint density at radius 3 is 2.75 bits per heavy atom. The molecule has 3 heteroatoms. The van der Waals surface area contributed by atoms with Gasteiger partial charge >= 0.3 is 0 Å². The molecule has 0 aliphatic carbocycles. The average molecular weight is 339 g/mol. The maximum Gasteiger partial charge on any atom is 0.0669 e. The van der Waals surface area contributed by atoms with Crippen LogP contribution in [0.5, 0.6) is 0 Å². The summed E-state index contributed by atoms with van der Waals surface area (Å²) in [6, 6.07) is 14.6. The molecule has 1 heterocycles. The van der Waals surface area contributed by atoms with Gasteiger partial charge in [0.2, 0.25) is 0 Å². The molecule has 0 bridgehead atoms. The second-order valence-corrected chi connectivity index (χ2v) is 7.66. The van der Waals surface area contributed by atoms with Gasteiger partial charge in [-0.1, -0.05) is 48.9 Å². The number of nitriles is 1. The van der Waals surface area contributed by atoms with Crippen molar-refractivity contribution in [2.75, 3.05) is 11.9 Å². The number of halogens is 1. The standard InChI is InChI=1S/C21H23ClN2/c1-14-12-18-19(24(4)21(14,2)3)9-8-17(20(18)22)16-7-5-6-15(13-16)10-11-23/h5-9,13-14H,10,12H2,1-4H3. The number of benzene rings is 2. The largest absolute Gasteiger partial charge is 0.369 e. The van der Waals surface area contributed by atoms with Crippen molar-refractivity contribution in [3.05, 3.63) is 52.5 Å². The Labute approximate surface area is 149 Å². The highest BCUT2D eigenvalue weighted by molar-refractivity contribution is 6.34. The van der Waals surface area contributed by atoms with Crippen molar-refractivity contribution in [2.45, 2.75) is 39.2 Å². The number of rotatable bonds is 2. The van der Waals surface area contributed by atoms with Crippen LogP contribution in [0, 0.1) is 17.2 Å². The van der Waals surface area contributed by atoms with Crippen molar-refractivity contribution in [2.24, 2.45) is 5.92 Å². The Kier molecular flexibility index (Phi) is 4.32. The van der Waals surface area contributed by atoms with Gasteiger partial charge in [0.25, 0.3) is 0 Å². The topological polar surface area (TPSA) is 27.0 Å². The first-order valence-electron chi connectivity index (χ1n) is 8.37. The minimum absolute atomic E-state index is 0.116. The third kappa shape index (κ3) is 2.68. The number of nitrogens with zero attached hydrogens (tertiary/aromatic N) is 2. The van der Waals surface area contributed by atoms with Gasteiger partial charge in [0.15, 0.2) is 0 Å². The van der Waals surface area contributed by atoms with Crippen LogP contribution < -0.4 is 4.90 Å². The molecule has 0 aromatic heterocycles. The van der Waals surface area contributed by atoms with E-state index in [1.54, 1.807) is 0 Å². The molecule has 1 atom stereocenters. The van der Waals surface area contributed by atoms with Crippen LogP contribution in [-0.2, 0) is 12.8 Å². The smallest absolute Gasteiger partial charge is 0.0669 e. The van der Waals surface area contributed by atoms with Gasteiger partial charge in [-0.25, -0.2) is 0 Å². The Hall–Kier alpha value is -1.98. The lowest BCUT2D eigenvalue weighted by Crippen LogP contribution is -2.50. The van der Waals surface area contributed by atoms with Crippen molar-refractivity contribution >= 4 is 17.3 Å². The Morgan fingerprint density at radius 2 is 2.04 bits per heavy atom. The summed E-state index contributed by atoms with van der Waals surface area (Å²) in [5, 5.41) is 9.76. The third-order valence-electron chi connectivity index (χ3n) is 5.68. The molecule has 0 amide bonds. The molecule has 24 heavy (non-hydrogen) atoms. The maximum atomic E-state index is 8.92. The van der Waals surface area contributed by atoms with Gasteiger partial charge in [0.05, 0.1) is 17.5 Å². The molecule has 1 unspecified atom stereocenters. The van der Waals surface area contributed by atoms with Gasteiger partial charge < -0.3 is 4.90 Å². The van der Waals surface area contributed by atoms with Crippen LogP contribution >= 0.6 is 11.6 Å². The van der Waals surface area contributed by atoms with Crippen LogP contribution in [-0.4, -0.2) is 12.6 Å². The van der Waals surface area contributed by atoms with Crippen LogP contribution in [0.4, 0.5) is 5.69 Å². The van der Waals surface area contributed by atoms with Crippen molar-refractivity contribution in [1.29, 1.82) is 5.26 Å². The predicted molar refractivity (Wildman–Crippen MR) is 102 cm³/mol. The molecule has 3 rings (SSSR count). The van der Waals surface area contributed by atoms with E-state index in [1.807, 2.05) is 12.1 Å². The fraction of sp³-hybridized carbons (Fsp3) is 0.381. The summed E-state index contributed by atoms with van der Waals surface area (Å²) in [6.07, 6.45) is 1.40. The van der Waals surface area contributed by atoms with E-state index in [0.717, 1.165) is 28.1 Å². The van der Waals surface area contributed by atoms with Crippen LogP contribution in [0.2, 0.25) is 5.02 Å². The highest BCUT2D eigenvalue weighted by Gasteiger charge is 2.37. The van der Waals surface area contributed by atoms with Crippen LogP contribution in [0.1, 0.15) is 31.9 Å². The monoisotopic (exact) mass is 338 g/mol. The van der Waals surface area contributed by atoms with Gasteiger partial charge in [0, 0.05) is 23.8 Å². The van der Waals surface area contributed by atoms with Crippen molar-refractivity contribution in [3.8, 4) is 17.2 Å². The quantitative estimate of drug-likeness (QED) is 0.725. The lowest BCUT2D eigenvalue weighted by molar-refractivity contribution is 0.314. The molecule has 0 spiro atoms. The Bertz CT molecular complexity index is 817. The number of fused-ring (bicyclic) bond motifs is 1. The first-order valence-corrected chi connectivity index (χ1v) is 8.75. The summed E-state index contributed by atoms with van der Waals surface area (Å²) in [4.78, 5) is 2.35. The maximum absolute atomic E-state index is 8.92. The first kappa shape index (κ1) is 16.9. The average Bonchev–Trinajstić information content (AvgIpc) is 2.55. The van der Waals surface area contributed by atoms with E-state index in [1.165, 1.54) is 11.3 Å². The Morgan fingerprint density at radius 1 is 1.29 bits per heavy atom. The normalized spacial score (nSPS) is 18.8. The van der Waals surface area contributed by atoms with Gasteiger partial charge in [-0.3, -0.25) is 0 Å². The van der Waals surface area contributed by atoms with Gasteiger partial charge in [0.1, 0.15) is 0 Å². The molecule has 0 saturated heterocycles. The molecule has 2 aromatic carbocycles. The molecule has 124 valence electrons. The van der Waals surface area contributed by atoms with Gasteiger partial charge in [-0.05, 0) is 48.9 Å². The molecule has 1 aliphatic rings. The van der Waals surface area contributed by atoms with Crippen LogP contribution in [0.3, 0.4) is 0 Å². The molecule has 2 aromatic rings. The zero-order valence-electron chi connectivity index (χ0n) is 14.7. The number of hydrogen-bond acceptors (Lipinski definition) is 2. The Balaban J connectivity index is 2.10. The molecular weight excluding hydrogens is 316 g/mol. The van der Waals surface area contributed by atoms with E-state index in [2.05, 4.69) is 63.1 Å². The molecular formula is C21H23ClN2. The minimum atomic E-state index is 0.116. The second kappa shape index (κ2) is 6.15. The fourth-order valence-electron chi connectivity index (χ4n) is 3.48. The zero-order valence-corrected chi connectivity index (χ0v) is 15.5. The van der Waals surface area contributed by atoms with Gasteiger partial charge in [-0.2, -0.15) is 5.26 Å². The molecule has 1 aliphatic heterocycles. The highest BCUT2D eigenvalue weighted by Crippen LogP contribution is 2.45. The summed E-state index contributed by atoms with van der Waals surface area (Å²) >= 11 is 6.82. The van der Waals surface area contributed by atoms with E-state index < -0.39 is 0 Å². The molecule has 0 saturated carbocycles. The summed E-state index contributed by atoms with van der Waals surface area (Å²) in [6.45, 7) is 6.86. The lowest BCUT2D eigenvalue weighted by atomic mass is 9.78. The van der Waals surface area contributed by atoms with E-state index in [4.69, 9.17) is 16.9 Å². The van der Waals surface area contributed by atoms with Crippen molar-refractivity contribution in [1.82, 2.24) is 0 Å². The molecule has 0 radical (unpaired) electrons. The second-order valence-electron chi connectivity index (χ2n) is 7.28.